The lowest BCUT2D eigenvalue weighted by molar-refractivity contribution is 0.00195. The molecular formula is C29H31ClNO5. The minimum absolute atomic E-state index is 0.0715. The van der Waals surface area contributed by atoms with E-state index in [-0.39, 0.29) is 18.3 Å². The van der Waals surface area contributed by atoms with E-state index in [4.69, 9.17) is 21.1 Å². The maximum atomic E-state index is 13.3. The van der Waals surface area contributed by atoms with E-state index in [0.29, 0.717) is 28.5 Å². The number of hydrogen-bond acceptors (Lipinski definition) is 4. The van der Waals surface area contributed by atoms with Gasteiger partial charge in [-0.25, -0.2) is 4.79 Å². The highest BCUT2D eigenvalue weighted by atomic mass is 35.5. The molecule has 0 saturated carbocycles. The standard InChI is InChI=1S/C29H31ClNO5/c1-29(2,3)36-28(34)31(18-27(33)20-5-4-6-22(30)15-20)23-9-7-19-8-12-26(17-21(19)16-23)35-25-13-10-24(32)11-14-25/h4-6,8,10-15,17,23,27,33H,7,9,16,18H2,1-3H3/t23-,27-/m0/s1. The number of amides is 1. The van der Waals surface area contributed by atoms with Gasteiger partial charge in [0.25, 0.3) is 0 Å². The minimum atomic E-state index is -0.906. The van der Waals surface area contributed by atoms with Gasteiger partial charge in [0.1, 0.15) is 17.1 Å². The van der Waals surface area contributed by atoms with Crippen LogP contribution in [0.25, 0.3) is 0 Å². The number of rotatable bonds is 6. The number of carbonyl (C=O) groups excluding carboxylic acids is 1. The Labute approximate surface area is 217 Å². The van der Waals surface area contributed by atoms with Crippen molar-refractivity contribution < 1.29 is 24.5 Å². The molecule has 0 fully saturated rings. The van der Waals surface area contributed by atoms with Crippen LogP contribution in [0.3, 0.4) is 0 Å². The van der Waals surface area contributed by atoms with E-state index >= 15 is 0 Å². The molecular weight excluding hydrogens is 478 g/mol. The summed E-state index contributed by atoms with van der Waals surface area (Å²) in [4.78, 5) is 14.9. The maximum absolute atomic E-state index is 13.3. The van der Waals surface area contributed by atoms with Gasteiger partial charge in [0.2, 0.25) is 0 Å². The first-order chi connectivity index (χ1) is 17.1. The van der Waals surface area contributed by atoms with Crippen molar-refractivity contribution in [3.05, 3.63) is 88.4 Å². The predicted molar refractivity (Wildman–Crippen MR) is 138 cm³/mol. The lowest BCUT2D eigenvalue weighted by Crippen LogP contribution is -2.47. The molecule has 6 nitrogen and oxygen atoms in total. The second-order valence-corrected chi connectivity index (χ2v) is 10.5. The third-order valence-corrected chi connectivity index (χ3v) is 6.35. The first kappa shape index (κ1) is 25.9. The highest BCUT2D eigenvalue weighted by molar-refractivity contribution is 6.30. The van der Waals surface area contributed by atoms with Crippen LogP contribution in [0.5, 0.6) is 17.2 Å². The molecule has 1 aliphatic rings. The number of aliphatic hydroxyl groups is 1. The number of aliphatic hydroxyl groups excluding tert-OH is 1. The van der Waals surface area contributed by atoms with E-state index < -0.39 is 17.8 Å². The Hall–Kier alpha value is -3.22. The fourth-order valence-corrected chi connectivity index (χ4v) is 4.59. The van der Waals surface area contributed by atoms with Gasteiger partial charge in [0.05, 0.1) is 12.6 Å². The van der Waals surface area contributed by atoms with Crippen LogP contribution < -0.4 is 4.74 Å². The zero-order valence-corrected chi connectivity index (χ0v) is 21.5. The van der Waals surface area contributed by atoms with Gasteiger partial charge < -0.3 is 19.5 Å². The lowest BCUT2D eigenvalue weighted by atomic mass is 9.87. The summed E-state index contributed by atoms with van der Waals surface area (Å²) in [5, 5.41) is 22.9. The van der Waals surface area contributed by atoms with E-state index in [1.165, 1.54) is 17.7 Å². The first-order valence-electron chi connectivity index (χ1n) is 12.1. The Morgan fingerprint density at radius 2 is 1.78 bits per heavy atom. The molecule has 0 aromatic heterocycles. The van der Waals surface area contributed by atoms with Gasteiger partial charge >= 0.3 is 6.09 Å². The number of fused-ring (bicyclic) bond motifs is 1. The number of ether oxygens (including phenoxy) is 2. The Bertz CT molecular complexity index is 1210. The van der Waals surface area contributed by atoms with E-state index in [2.05, 4.69) is 0 Å². The van der Waals surface area contributed by atoms with Crippen LogP contribution in [0.4, 0.5) is 4.79 Å². The Kier molecular flexibility index (Phi) is 7.76. The Morgan fingerprint density at radius 3 is 2.47 bits per heavy atom. The number of carbonyl (C=O) groups is 1. The molecule has 1 radical (unpaired) electrons. The zero-order chi connectivity index (χ0) is 25.9. The Balaban J connectivity index is 1.55. The molecule has 0 heterocycles. The van der Waals surface area contributed by atoms with E-state index in [1.54, 1.807) is 41.3 Å². The topological polar surface area (TPSA) is 78.9 Å². The summed E-state index contributed by atoms with van der Waals surface area (Å²) in [6.07, 6.45) is 0.781. The van der Waals surface area contributed by atoms with Gasteiger partial charge in [-0.3, -0.25) is 5.11 Å². The molecule has 36 heavy (non-hydrogen) atoms. The highest BCUT2D eigenvalue weighted by Gasteiger charge is 2.33. The average Bonchev–Trinajstić information content (AvgIpc) is 2.82. The van der Waals surface area contributed by atoms with Crippen LogP contribution in [0, 0.1) is 0 Å². The second-order valence-electron chi connectivity index (χ2n) is 10.1. The van der Waals surface area contributed by atoms with Crippen molar-refractivity contribution >= 4 is 17.7 Å². The van der Waals surface area contributed by atoms with Crippen LogP contribution in [-0.4, -0.2) is 34.3 Å². The third kappa shape index (κ3) is 6.71. The SMILES string of the molecule is CC(C)(C)OC(=O)N(C[C@H](O)c1cccc(Cl)c1)[C@H]1CCc2ccc(Oc3ccc([O])cc3)cc2C1. The van der Waals surface area contributed by atoms with Crippen molar-refractivity contribution in [3.63, 3.8) is 0 Å². The van der Waals surface area contributed by atoms with Crippen molar-refractivity contribution in [2.24, 2.45) is 0 Å². The Morgan fingerprint density at radius 1 is 1.06 bits per heavy atom. The van der Waals surface area contributed by atoms with Crippen LogP contribution >= 0.6 is 11.6 Å². The number of nitrogens with zero attached hydrogens (tertiary/aromatic N) is 1. The maximum Gasteiger partial charge on any atom is 0.410 e. The number of aryl methyl sites for hydroxylation is 1. The predicted octanol–water partition coefficient (Wildman–Crippen LogP) is 7.10. The van der Waals surface area contributed by atoms with Gasteiger partial charge in [-0.1, -0.05) is 29.8 Å². The summed E-state index contributed by atoms with van der Waals surface area (Å²) >= 11 is 6.12. The van der Waals surface area contributed by atoms with Gasteiger partial charge in [0, 0.05) is 11.1 Å². The van der Waals surface area contributed by atoms with Gasteiger partial charge in [-0.05, 0) is 105 Å². The molecule has 0 unspecified atom stereocenters. The van der Waals surface area contributed by atoms with Crippen molar-refractivity contribution in [1.29, 1.82) is 0 Å². The van der Waals surface area contributed by atoms with E-state index in [9.17, 15) is 15.0 Å². The number of halogens is 1. The molecule has 1 aliphatic carbocycles. The summed E-state index contributed by atoms with van der Waals surface area (Å²) < 4.78 is 11.7. The molecule has 1 N–H and O–H groups in total. The van der Waals surface area contributed by atoms with Crippen LogP contribution in [0.15, 0.2) is 66.7 Å². The normalized spacial score (nSPS) is 16.1. The van der Waals surface area contributed by atoms with E-state index in [0.717, 1.165) is 18.4 Å². The molecule has 3 aromatic rings. The first-order valence-corrected chi connectivity index (χ1v) is 12.4. The summed E-state index contributed by atoms with van der Waals surface area (Å²) in [7, 11) is 0. The van der Waals surface area contributed by atoms with Crippen LogP contribution in [0.2, 0.25) is 5.02 Å². The zero-order valence-electron chi connectivity index (χ0n) is 20.7. The summed E-state index contributed by atoms with van der Waals surface area (Å²) in [6.45, 7) is 5.58. The smallest absolute Gasteiger partial charge is 0.410 e. The molecule has 0 spiro atoms. The van der Waals surface area contributed by atoms with Gasteiger partial charge in [-0.15, -0.1) is 0 Å². The average molecular weight is 509 g/mol. The third-order valence-electron chi connectivity index (χ3n) is 6.11. The molecule has 3 aromatic carbocycles. The summed E-state index contributed by atoms with van der Waals surface area (Å²) in [5.41, 5.74) is 2.26. The lowest BCUT2D eigenvalue weighted by Gasteiger charge is -2.37. The van der Waals surface area contributed by atoms with Gasteiger partial charge in [-0.2, -0.15) is 0 Å². The van der Waals surface area contributed by atoms with Crippen LogP contribution in [-0.2, 0) is 22.7 Å². The van der Waals surface area contributed by atoms with Crippen molar-refractivity contribution in [2.75, 3.05) is 6.54 Å². The van der Waals surface area contributed by atoms with Crippen molar-refractivity contribution in [1.82, 2.24) is 4.90 Å². The molecule has 0 saturated heterocycles. The molecule has 2 atom stereocenters. The highest BCUT2D eigenvalue weighted by Crippen LogP contribution is 2.32. The summed E-state index contributed by atoms with van der Waals surface area (Å²) in [5.74, 6) is 1.18. The van der Waals surface area contributed by atoms with E-state index in [1.807, 2.05) is 39.0 Å². The van der Waals surface area contributed by atoms with Gasteiger partial charge in [0.15, 0.2) is 5.75 Å². The number of hydrogen-bond donors (Lipinski definition) is 1. The fourth-order valence-electron chi connectivity index (χ4n) is 4.39. The quantitative estimate of drug-likeness (QED) is 0.385. The molecule has 0 bridgehead atoms. The van der Waals surface area contributed by atoms with Crippen molar-refractivity contribution in [2.45, 2.75) is 57.8 Å². The van der Waals surface area contributed by atoms with Crippen molar-refractivity contribution in [3.8, 4) is 17.2 Å². The molecule has 4 rings (SSSR count). The minimum Gasteiger partial charge on any atom is -0.457 e. The van der Waals surface area contributed by atoms with Crippen LogP contribution in [0.1, 0.15) is 50.0 Å². The summed E-state index contributed by atoms with van der Waals surface area (Å²) in [6, 6.07) is 19.0. The number of benzene rings is 3. The molecule has 189 valence electrons. The second kappa shape index (κ2) is 10.8. The molecule has 7 heteroatoms. The molecule has 1 amide bonds. The fraction of sp³-hybridized carbons (Fsp3) is 0.345. The monoisotopic (exact) mass is 508 g/mol. The largest absolute Gasteiger partial charge is 0.457 e. The molecule has 0 aliphatic heterocycles.